The molecular weight excluding hydrogens is 436 g/mol. The van der Waals surface area contributed by atoms with Gasteiger partial charge in [0.1, 0.15) is 5.75 Å². The monoisotopic (exact) mass is 464 g/mol. The molecule has 2 aromatic rings. The van der Waals surface area contributed by atoms with Crippen LogP contribution >= 0.6 is 0 Å². The van der Waals surface area contributed by atoms with Crippen LogP contribution in [0.1, 0.15) is 12.8 Å². The second kappa shape index (κ2) is 9.72. The lowest BCUT2D eigenvalue weighted by atomic mass is 10.1. The van der Waals surface area contributed by atoms with Crippen molar-refractivity contribution in [1.29, 1.82) is 0 Å². The molecule has 0 spiro atoms. The Morgan fingerprint density at radius 2 is 1.76 bits per heavy atom. The molecule has 2 aromatic carbocycles. The van der Waals surface area contributed by atoms with Crippen LogP contribution in [0.25, 0.3) is 0 Å². The fourth-order valence-corrected chi connectivity index (χ4v) is 4.59. The Morgan fingerprint density at radius 3 is 2.50 bits per heavy atom. The summed E-state index contributed by atoms with van der Waals surface area (Å²) in [5, 5.41) is 2.92. The molecule has 5 rings (SSSR count). The quantitative estimate of drug-likeness (QED) is 0.727. The maximum atomic E-state index is 13.0. The first kappa shape index (κ1) is 22.2. The number of morpholine rings is 1. The number of carbonyl (C=O) groups excluding carboxylic acids is 3. The summed E-state index contributed by atoms with van der Waals surface area (Å²) in [6.07, 6.45) is 0.764. The number of hydrogen-bond acceptors (Lipinski definition) is 6. The number of ether oxygens (including phenoxy) is 2. The van der Waals surface area contributed by atoms with Crippen molar-refractivity contribution in [2.24, 2.45) is 0 Å². The summed E-state index contributed by atoms with van der Waals surface area (Å²) in [5.41, 5.74) is 2.28. The molecule has 0 saturated carbocycles. The van der Waals surface area contributed by atoms with Crippen molar-refractivity contribution in [2.45, 2.75) is 18.9 Å². The van der Waals surface area contributed by atoms with Crippen molar-refractivity contribution in [3.63, 3.8) is 0 Å². The molecule has 34 heavy (non-hydrogen) atoms. The van der Waals surface area contributed by atoms with E-state index in [1.165, 1.54) is 0 Å². The number of benzene rings is 2. The lowest BCUT2D eigenvalue weighted by Gasteiger charge is -2.38. The van der Waals surface area contributed by atoms with Gasteiger partial charge in [0.05, 0.1) is 32.0 Å². The maximum Gasteiger partial charge on any atom is 0.265 e. The number of rotatable bonds is 5. The minimum absolute atomic E-state index is 0.0830. The van der Waals surface area contributed by atoms with Crippen LogP contribution in [0.5, 0.6) is 5.75 Å². The van der Waals surface area contributed by atoms with E-state index in [0.29, 0.717) is 44.2 Å². The van der Waals surface area contributed by atoms with E-state index in [-0.39, 0.29) is 30.8 Å². The zero-order valence-corrected chi connectivity index (χ0v) is 18.9. The Balaban J connectivity index is 1.25. The zero-order chi connectivity index (χ0) is 23.5. The molecule has 3 amide bonds. The first-order valence-corrected chi connectivity index (χ1v) is 11.7. The molecule has 3 aliphatic rings. The number of nitrogens with zero attached hydrogens (tertiary/aromatic N) is 3. The predicted molar refractivity (Wildman–Crippen MR) is 127 cm³/mol. The molecular formula is C25H28N4O5. The summed E-state index contributed by atoms with van der Waals surface area (Å²) in [7, 11) is 0. The van der Waals surface area contributed by atoms with Crippen molar-refractivity contribution in [3.8, 4) is 5.75 Å². The third-order valence-corrected chi connectivity index (χ3v) is 6.33. The van der Waals surface area contributed by atoms with E-state index in [2.05, 4.69) is 5.32 Å². The largest absolute Gasteiger partial charge is 0.477 e. The molecule has 3 aliphatic heterocycles. The standard InChI is InChI=1S/C25H28N4O5/c30-23(26-18-7-9-19(10-8-18)29-11-3-6-24(29)31)17-28-16-22(25(32)27-12-14-33-15-13-27)34-21-5-2-1-4-20(21)28/h1-2,4-5,7-10,22H,3,6,11-17H2,(H,26,30)/t22-/m1/s1. The molecule has 178 valence electrons. The highest BCUT2D eigenvalue weighted by molar-refractivity contribution is 5.97. The minimum atomic E-state index is -0.682. The highest BCUT2D eigenvalue weighted by Crippen LogP contribution is 2.33. The number of para-hydroxylation sites is 2. The molecule has 2 fully saturated rings. The van der Waals surface area contributed by atoms with Crippen molar-refractivity contribution < 1.29 is 23.9 Å². The van der Waals surface area contributed by atoms with Crippen LogP contribution in [-0.2, 0) is 19.1 Å². The van der Waals surface area contributed by atoms with Crippen LogP contribution in [0.4, 0.5) is 17.1 Å². The van der Waals surface area contributed by atoms with Gasteiger partial charge in [-0.05, 0) is 42.8 Å². The van der Waals surface area contributed by atoms with E-state index in [9.17, 15) is 14.4 Å². The minimum Gasteiger partial charge on any atom is -0.477 e. The third kappa shape index (κ3) is 4.70. The lowest BCUT2D eigenvalue weighted by molar-refractivity contribution is -0.142. The van der Waals surface area contributed by atoms with Gasteiger partial charge in [-0.1, -0.05) is 12.1 Å². The van der Waals surface area contributed by atoms with Crippen LogP contribution in [0.15, 0.2) is 48.5 Å². The summed E-state index contributed by atoms with van der Waals surface area (Å²) in [6, 6.07) is 14.7. The van der Waals surface area contributed by atoms with E-state index in [1.54, 1.807) is 21.9 Å². The Hall–Kier alpha value is -3.59. The van der Waals surface area contributed by atoms with Gasteiger partial charge in [-0.15, -0.1) is 0 Å². The molecule has 9 heteroatoms. The van der Waals surface area contributed by atoms with Crippen LogP contribution in [0.3, 0.4) is 0 Å². The van der Waals surface area contributed by atoms with Gasteiger partial charge in [-0.3, -0.25) is 14.4 Å². The van der Waals surface area contributed by atoms with E-state index >= 15 is 0 Å². The number of anilines is 3. The molecule has 0 bridgehead atoms. The average molecular weight is 465 g/mol. The second-order valence-corrected chi connectivity index (χ2v) is 8.64. The Bertz CT molecular complexity index is 1070. The predicted octanol–water partition coefficient (Wildman–Crippen LogP) is 1.88. The number of amides is 3. The molecule has 9 nitrogen and oxygen atoms in total. The number of fused-ring (bicyclic) bond motifs is 1. The smallest absolute Gasteiger partial charge is 0.265 e. The van der Waals surface area contributed by atoms with Gasteiger partial charge in [0.2, 0.25) is 11.8 Å². The molecule has 0 aromatic heterocycles. The molecule has 0 unspecified atom stereocenters. The maximum absolute atomic E-state index is 13.0. The third-order valence-electron chi connectivity index (χ3n) is 6.33. The SMILES string of the molecule is O=C(CN1C[C@H](C(=O)N2CCOCC2)Oc2ccccc21)Nc1ccc(N2CCCC2=O)cc1. The van der Waals surface area contributed by atoms with Gasteiger partial charge in [0.15, 0.2) is 6.10 Å². The second-order valence-electron chi connectivity index (χ2n) is 8.64. The van der Waals surface area contributed by atoms with Crippen molar-refractivity contribution in [3.05, 3.63) is 48.5 Å². The molecule has 0 aliphatic carbocycles. The fourth-order valence-electron chi connectivity index (χ4n) is 4.59. The van der Waals surface area contributed by atoms with Gasteiger partial charge >= 0.3 is 0 Å². The normalized spacial score (nSPS) is 20.1. The van der Waals surface area contributed by atoms with E-state index in [0.717, 1.165) is 24.3 Å². The van der Waals surface area contributed by atoms with Gasteiger partial charge in [0.25, 0.3) is 5.91 Å². The molecule has 3 heterocycles. The first-order chi connectivity index (χ1) is 16.6. The summed E-state index contributed by atoms with van der Waals surface area (Å²) in [6.45, 7) is 3.22. The first-order valence-electron chi connectivity index (χ1n) is 11.7. The molecule has 1 N–H and O–H groups in total. The Kier molecular flexibility index (Phi) is 6.35. The van der Waals surface area contributed by atoms with Crippen molar-refractivity contribution in [2.75, 3.05) is 61.1 Å². The van der Waals surface area contributed by atoms with Crippen LogP contribution in [-0.4, -0.2) is 74.7 Å². The summed E-state index contributed by atoms with van der Waals surface area (Å²) < 4.78 is 11.4. The highest BCUT2D eigenvalue weighted by Gasteiger charge is 2.34. The summed E-state index contributed by atoms with van der Waals surface area (Å²) >= 11 is 0. The molecule has 0 radical (unpaired) electrons. The van der Waals surface area contributed by atoms with E-state index < -0.39 is 6.10 Å². The van der Waals surface area contributed by atoms with Gasteiger partial charge in [0, 0.05) is 37.4 Å². The lowest BCUT2D eigenvalue weighted by Crippen LogP contribution is -2.53. The summed E-state index contributed by atoms with van der Waals surface area (Å²) in [5.74, 6) is 0.436. The average Bonchev–Trinajstić information content (AvgIpc) is 3.30. The van der Waals surface area contributed by atoms with Gasteiger partial charge in [-0.2, -0.15) is 0 Å². The van der Waals surface area contributed by atoms with Crippen LogP contribution < -0.4 is 19.9 Å². The highest BCUT2D eigenvalue weighted by atomic mass is 16.5. The van der Waals surface area contributed by atoms with E-state index in [4.69, 9.17) is 9.47 Å². The summed E-state index contributed by atoms with van der Waals surface area (Å²) in [4.78, 5) is 43.3. The van der Waals surface area contributed by atoms with Gasteiger partial charge in [-0.25, -0.2) is 0 Å². The van der Waals surface area contributed by atoms with Crippen molar-refractivity contribution >= 4 is 34.8 Å². The fraction of sp³-hybridized carbons (Fsp3) is 0.400. The number of carbonyl (C=O) groups is 3. The van der Waals surface area contributed by atoms with E-state index in [1.807, 2.05) is 41.3 Å². The Morgan fingerprint density at radius 1 is 1.00 bits per heavy atom. The van der Waals surface area contributed by atoms with Crippen molar-refractivity contribution in [1.82, 2.24) is 4.90 Å². The molecule has 1 atom stereocenters. The van der Waals surface area contributed by atoms with Gasteiger partial charge < -0.3 is 29.5 Å². The molecule has 2 saturated heterocycles. The number of hydrogen-bond donors (Lipinski definition) is 1. The Labute approximate surface area is 198 Å². The van der Waals surface area contributed by atoms with Crippen LogP contribution in [0, 0.1) is 0 Å². The number of nitrogens with one attached hydrogen (secondary N) is 1. The zero-order valence-electron chi connectivity index (χ0n) is 18.9. The topological polar surface area (TPSA) is 91.4 Å². The van der Waals surface area contributed by atoms with Crippen LogP contribution in [0.2, 0.25) is 0 Å².